The predicted octanol–water partition coefficient (Wildman–Crippen LogP) is 8.15. The summed E-state index contributed by atoms with van der Waals surface area (Å²) in [6, 6.07) is 21.9. The first-order valence-electron chi connectivity index (χ1n) is 10.8. The molecule has 0 aliphatic heterocycles. The zero-order valence-corrected chi connectivity index (χ0v) is 19.3. The van der Waals surface area contributed by atoms with Crippen molar-refractivity contribution < 1.29 is 9.53 Å². The third-order valence-electron chi connectivity index (χ3n) is 5.15. The molecule has 0 heterocycles. The van der Waals surface area contributed by atoms with Crippen LogP contribution >= 0.6 is 11.8 Å². The lowest BCUT2D eigenvalue weighted by molar-refractivity contribution is 0.0950. The number of hydrogen-bond donors (Lipinski definition) is 0. The van der Waals surface area contributed by atoms with Gasteiger partial charge in [-0.05, 0) is 64.8 Å². The van der Waals surface area contributed by atoms with E-state index in [1.54, 1.807) is 11.8 Å². The van der Waals surface area contributed by atoms with E-state index >= 15 is 0 Å². The molecule has 0 aliphatic rings. The van der Waals surface area contributed by atoms with Crippen molar-refractivity contribution in [2.45, 2.75) is 52.2 Å². The third-order valence-corrected chi connectivity index (χ3v) is 6.93. The molecule has 0 N–H and O–H groups in total. The van der Waals surface area contributed by atoms with Crippen LogP contribution in [0.4, 0.5) is 0 Å². The minimum Gasteiger partial charge on any atom is -0.457 e. The number of Topliss-reactive ketones (excluding diaryl/α,β-unsaturated/α-hetero) is 1. The molecule has 0 aromatic heterocycles. The van der Waals surface area contributed by atoms with E-state index in [1.165, 1.54) is 24.6 Å². The van der Waals surface area contributed by atoms with Gasteiger partial charge in [-0.15, -0.1) is 11.8 Å². The summed E-state index contributed by atoms with van der Waals surface area (Å²) in [4.78, 5) is 13.2. The molecule has 30 heavy (non-hydrogen) atoms. The van der Waals surface area contributed by atoms with Crippen LogP contribution in [0.1, 0.15) is 57.3 Å². The molecule has 0 saturated heterocycles. The standard InChI is InChI=1S/C27H32O2S/c1-5-6-9-18-30-26(27(2,3)4)25(28)21-13-15-23(16-14-21)29-24-17-12-20-10-7-8-11-22(20)19-24/h7-8,10-17,19,26H,5-6,9,18H2,1-4H3. The Balaban J connectivity index is 1.70. The quantitative estimate of drug-likeness (QED) is 0.258. The maximum atomic E-state index is 13.2. The molecule has 0 bridgehead atoms. The van der Waals surface area contributed by atoms with Gasteiger partial charge in [-0.3, -0.25) is 4.79 Å². The maximum absolute atomic E-state index is 13.2. The van der Waals surface area contributed by atoms with Gasteiger partial charge in [-0.1, -0.05) is 70.9 Å². The molecule has 3 rings (SSSR count). The van der Waals surface area contributed by atoms with E-state index in [-0.39, 0.29) is 16.4 Å². The number of benzene rings is 3. The molecule has 158 valence electrons. The van der Waals surface area contributed by atoms with Gasteiger partial charge in [0.1, 0.15) is 11.5 Å². The minimum absolute atomic E-state index is 0.0402. The van der Waals surface area contributed by atoms with Crippen LogP contribution in [0.3, 0.4) is 0 Å². The summed E-state index contributed by atoms with van der Waals surface area (Å²) >= 11 is 1.80. The molecule has 2 nitrogen and oxygen atoms in total. The van der Waals surface area contributed by atoms with E-state index in [9.17, 15) is 4.79 Å². The monoisotopic (exact) mass is 420 g/mol. The van der Waals surface area contributed by atoms with Crippen molar-refractivity contribution >= 4 is 28.3 Å². The first-order valence-corrected chi connectivity index (χ1v) is 11.9. The average molecular weight is 421 g/mol. The number of carbonyl (C=O) groups is 1. The number of hydrogen-bond acceptors (Lipinski definition) is 3. The zero-order valence-electron chi connectivity index (χ0n) is 18.5. The van der Waals surface area contributed by atoms with Crippen LogP contribution in [-0.2, 0) is 0 Å². The van der Waals surface area contributed by atoms with Crippen molar-refractivity contribution in [3.05, 3.63) is 72.3 Å². The van der Waals surface area contributed by atoms with Crippen molar-refractivity contribution in [3.8, 4) is 11.5 Å². The van der Waals surface area contributed by atoms with Crippen LogP contribution in [0.5, 0.6) is 11.5 Å². The highest BCUT2D eigenvalue weighted by atomic mass is 32.2. The average Bonchev–Trinajstić information content (AvgIpc) is 2.73. The van der Waals surface area contributed by atoms with Gasteiger partial charge >= 0.3 is 0 Å². The fraction of sp³-hybridized carbons (Fsp3) is 0.370. The Labute approximate surface area is 185 Å². The Bertz CT molecular complexity index is 970. The number of fused-ring (bicyclic) bond motifs is 1. The van der Waals surface area contributed by atoms with Gasteiger partial charge in [0.25, 0.3) is 0 Å². The molecule has 0 fully saturated rings. The zero-order chi connectivity index (χ0) is 21.6. The molecular weight excluding hydrogens is 388 g/mol. The van der Waals surface area contributed by atoms with Gasteiger partial charge in [0.05, 0.1) is 5.25 Å². The van der Waals surface area contributed by atoms with E-state index < -0.39 is 0 Å². The van der Waals surface area contributed by atoms with Gasteiger partial charge in [-0.25, -0.2) is 0 Å². The Morgan fingerprint density at radius 3 is 2.23 bits per heavy atom. The van der Waals surface area contributed by atoms with Gasteiger partial charge in [0.2, 0.25) is 0 Å². The smallest absolute Gasteiger partial charge is 0.176 e. The van der Waals surface area contributed by atoms with E-state index in [0.717, 1.165) is 28.2 Å². The fourth-order valence-corrected chi connectivity index (χ4v) is 4.87. The Kier molecular flexibility index (Phi) is 7.60. The van der Waals surface area contributed by atoms with Crippen LogP contribution in [0.25, 0.3) is 10.8 Å². The van der Waals surface area contributed by atoms with Gasteiger partial charge < -0.3 is 4.74 Å². The van der Waals surface area contributed by atoms with E-state index in [4.69, 9.17) is 4.74 Å². The van der Waals surface area contributed by atoms with Crippen LogP contribution in [0.15, 0.2) is 66.7 Å². The highest BCUT2D eigenvalue weighted by Gasteiger charge is 2.32. The van der Waals surface area contributed by atoms with E-state index in [1.807, 2.05) is 48.5 Å². The third kappa shape index (κ3) is 5.89. The van der Waals surface area contributed by atoms with Crippen molar-refractivity contribution in [2.24, 2.45) is 5.41 Å². The number of unbranched alkanes of at least 4 members (excludes halogenated alkanes) is 2. The summed E-state index contributed by atoms with van der Waals surface area (Å²) in [6.45, 7) is 8.66. The maximum Gasteiger partial charge on any atom is 0.176 e. The molecule has 0 radical (unpaired) electrons. The molecule has 0 saturated carbocycles. The highest BCUT2D eigenvalue weighted by Crippen LogP contribution is 2.34. The number of rotatable bonds is 9. The van der Waals surface area contributed by atoms with Crippen molar-refractivity contribution in [1.29, 1.82) is 0 Å². The Morgan fingerprint density at radius 1 is 0.900 bits per heavy atom. The molecule has 3 aromatic rings. The van der Waals surface area contributed by atoms with Crippen LogP contribution in [0.2, 0.25) is 0 Å². The molecule has 3 aromatic carbocycles. The Morgan fingerprint density at radius 2 is 1.57 bits per heavy atom. The summed E-state index contributed by atoms with van der Waals surface area (Å²) in [6.07, 6.45) is 3.59. The molecular formula is C27H32O2S. The molecule has 0 amide bonds. The lowest BCUT2D eigenvalue weighted by atomic mass is 9.87. The van der Waals surface area contributed by atoms with Crippen molar-refractivity contribution in [2.75, 3.05) is 5.75 Å². The van der Waals surface area contributed by atoms with Crippen molar-refractivity contribution in [3.63, 3.8) is 0 Å². The van der Waals surface area contributed by atoms with Gasteiger partial charge in [-0.2, -0.15) is 0 Å². The normalized spacial score (nSPS) is 12.7. The molecule has 1 atom stereocenters. The van der Waals surface area contributed by atoms with E-state index in [0.29, 0.717) is 0 Å². The van der Waals surface area contributed by atoms with E-state index in [2.05, 4.69) is 45.9 Å². The van der Waals surface area contributed by atoms with Crippen molar-refractivity contribution in [1.82, 2.24) is 0 Å². The van der Waals surface area contributed by atoms with Crippen LogP contribution in [-0.4, -0.2) is 16.8 Å². The largest absolute Gasteiger partial charge is 0.457 e. The summed E-state index contributed by atoms with van der Waals surface area (Å²) in [7, 11) is 0. The molecule has 3 heteroatoms. The summed E-state index contributed by atoms with van der Waals surface area (Å²) in [5.41, 5.74) is 0.678. The summed E-state index contributed by atoms with van der Waals surface area (Å²) in [5, 5.41) is 2.30. The van der Waals surface area contributed by atoms with Crippen LogP contribution in [0, 0.1) is 5.41 Å². The minimum atomic E-state index is -0.0752. The second-order valence-corrected chi connectivity index (χ2v) is 10.0. The first kappa shape index (κ1) is 22.4. The second kappa shape index (κ2) is 10.2. The SMILES string of the molecule is CCCCCSC(C(=O)c1ccc(Oc2ccc3ccccc3c2)cc1)C(C)(C)C. The van der Waals surface area contributed by atoms with Crippen LogP contribution < -0.4 is 4.74 Å². The number of carbonyl (C=O) groups excluding carboxylic acids is 1. The lowest BCUT2D eigenvalue weighted by Crippen LogP contribution is -2.32. The highest BCUT2D eigenvalue weighted by molar-refractivity contribution is 8.00. The molecule has 0 aliphatic carbocycles. The van der Waals surface area contributed by atoms with Gasteiger partial charge in [0.15, 0.2) is 5.78 Å². The molecule has 0 spiro atoms. The molecule has 1 unspecified atom stereocenters. The second-order valence-electron chi connectivity index (χ2n) is 8.82. The number of thioether (sulfide) groups is 1. The summed E-state index contributed by atoms with van der Waals surface area (Å²) < 4.78 is 6.02. The number of ether oxygens (including phenoxy) is 1. The topological polar surface area (TPSA) is 26.3 Å². The fourth-order valence-electron chi connectivity index (χ4n) is 3.48. The number of ketones is 1. The van der Waals surface area contributed by atoms with Gasteiger partial charge in [0, 0.05) is 5.56 Å². The first-order chi connectivity index (χ1) is 14.4. The predicted molar refractivity (Wildman–Crippen MR) is 130 cm³/mol. The summed E-state index contributed by atoms with van der Waals surface area (Å²) in [5.74, 6) is 2.78. The Hall–Kier alpha value is -2.26. The lowest BCUT2D eigenvalue weighted by Gasteiger charge is -2.29.